The number of nitriles is 1. The molecule has 1 aromatic carbocycles. The molecule has 0 saturated carbocycles. The molecule has 3 rings (SSSR count). The van der Waals surface area contributed by atoms with Crippen molar-refractivity contribution in [2.75, 3.05) is 0 Å². The van der Waals surface area contributed by atoms with Gasteiger partial charge in [-0.05, 0) is 52.3 Å². The van der Waals surface area contributed by atoms with Gasteiger partial charge in [-0.2, -0.15) is 5.26 Å². The van der Waals surface area contributed by atoms with Crippen LogP contribution in [0.2, 0.25) is 0 Å². The molecule has 3 nitrogen and oxygen atoms in total. The van der Waals surface area contributed by atoms with Crippen molar-refractivity contribution in [3.05, 3.63) is 64.5 Å². The average Bonchev–Trinajstić information content (AvgIpc) is 2.83. The minimum absolute atomic E-state index is 0.687. The number of fused-ring (bicyclic) bond motifs is 1. The van der Waals surface area contributed by atoms with Gasteiger partial charge in [-0.1, -0.05) is 0 Å². The third kappa shape index (κ3) is 2.38. The first-order valence-electron chi connectivity index (χ1n) is 5.86. The van der Waals surface area contributed by atoms with Gasteiger partial charge in [0.1, 0.15) is 0 Å². The molecule has 0 saturated heterocycles. The van der Waals surface area contributed by atoms with E-state index in [0.29, 0.717) is 5.56 Å². The molecule has 4 heteroatoms. The molecule has 0 amide bonds. The van der Waals surface area contributed by atoms with Crippen molar-refractivity contribution in [3.8, 4) is 6.07 Å². The highest BCUT2D eigenvalue weighted by Gasteiger charge is 2.03. The Morgan fingerprint density at radius 1 is 1.21 bits per heavy atom. The molecule has 19 heavy (non-hydrogen) atoms. The lowest BCUT2D eigenvalue weighted by Gasteiger charge is -2.05. The van der Waals surface area contributed by atoms with Gasteiger partial charge in [0, 0.05) is 27.8 Å². The van der Waals surface area contributed by atoms with E-state index in [0.717, 1.165) is 27.6 Å². The van der Waals surface area contributed by atoms with Crippen molar-refractivity contribution in [1.29, 1.82) is 5.26 Å². The molecule has 2 aromatic heterocycles. The summed E-state index contributed by atoms with van der Waals surface area (Å²) in [6.07, 6.45) is 3.82. The summed E-state index contributed by atoms with van der Waals surface area (Å²) in [5.74, 6) is 0. The Kier molecular flexibility index (Phi) is 3.06. The van der Waals surface area contributed by atoms with E-state index in [1.807, 2.05) is 42.6 Å². The van der Waals surface area contributed by atoms with E-state index in [2.05, 4.69) is 31.6 Å². The van der Waals surface area contributed by atoms with Gasteiger partial charge >= 0.3 is 0 Å². The summed E-state index contributed by atoms with van der Waals surface area (Å²) in [6, 6.07) is 13.9. The van der Waals surface area contributed by atoms with Gasteiger partial charge in [-0.25, -0.2) is 0 Å². The highest BCUT2D eigenvalue weighted by Crippen LogP contribution is 2.18. The van der Waals surface area contributed by atoms with Crippen LogP contribution in [0.25, 0.3) is 10.9 Å². The van der Waals surface area contributed by atoms with Crippen molar-refractivity contribution in [3.63, 3.8) is 0 Å². The van der Waals surface area contributed by atoms with Crippen LogP contribution >= 0.6 is 15.9 Å². The zero-order valence-corrected chi connectivity index (χ0v) is 11.6. The summed E-state index contributed by atoms with van der Waals surface area (Å²) in [7, 11) is 0. The second-order valence-corrected chi connectivity index (χ2v) is 5.21. The Morgan fingerprint density at radius 3 is 2.84 bits per heavy atom. The summed E-state index contributed by atoms with van der Waals surface area (Å²) in [6.45, 7) is 0.725. The van der Waals surface area contributed by atoms with E-state index in [1.165, 1.54) is 0 Å². The lowest BCUT2D eigenvalue weighted by atomic mass is 10.2. The van der Waals surface area contributed by atoms with Gasteiger partial charge in [-0.3, -0.25) is 4.98 Å². The predicted molar refractivity (Wildman–Crippen MR) is 77.7 cm³/mol. The summed E-state index contributed by atoms with van der Waals surface area (Å²) in [4.78, 5) is 4.37. The van der Waals surface area contributed by atoms with E-state index >= 15 is 0 Å². The molecule has 0 radical (unpaired) electrons. The third-order valence-electron chi connectivity index (χ3n) is 3.02. The van der Waals surface area contributed by atoms with E-state index in [1.54, 1.807) is 6.20 Å². The lowest BCUT2D eigenvalue weighted by molar-refractivity contribution is 0.807. The average molecular weight is 312 g/mol. The monoisotopic (exact) mass is 311 g/mol. The van der Waals surface area contributed by atoms with Gasteiger partial charge in [0.05, 0.1) is 23.9 Å². The molecule has 0 bridgehead atoms. The van der Waals surface area contributed by atoms with E-state index in [4.69, 9.17) is 5.26 Å². The first kappa shape index (κ1) is 11.9. The summed E-state index contributed by atoms with van der Waals surface area (Å²) < 4.78 is 3.11. The fraction of sp³-hybridized carbons (Fsp3) is 0.0667. The number of hydrogen-bond acceptors (Lipinski definition) is 2. The zero-order chi connectivity index (χ0) is 13.2. The van der Waals surface area contributed by atoms with Crippen LogP contribution < -0.4 is 0 Å². The Morgan fingerprint density at radius 2 is 2.11 bits per heavy atom. The van der Waals surface area contributed by atoms with Gasteiger partial charge in [0.15, 0.2) is 0 Å². The largest absolute Gasteiger partial charge is 0.341 e. The van der Waals surface area contributed by atoms with E-state index in [-0.39, 0.29) is 0 Å². The van der Waals surface area contributed by atoms with Crippen LogP contribution in [0.15, 0.2) is 53.3 Å². The SMILES string of the molecule is N#Cc1ccc2c(ccn2Cc2ccc(Br)cn2)c1. The molecule has 0 fully saturated rings. The number of benzene rings is 1. The molecule has 0 unspecified atom stereocenters. The van der Waals surface area contributed by atoms with Crippen molar-refractivity contribution < 1.29 is 0 Å². The second kappa shape index (κ2) is 4.87. The van der Waals surface area contributed by atoms with Crippen molar-refractivity contribution in [2.24, 2.45) is 0 Å². The molecule has 0 spiro atoms. The minimum Gasteiger partial charge on any atom is -0.341 e. The third-order valence-corrected chi connectivity index (χ3v) is 3.49. The number of halogens is 1. The van der Waals surface area contributed by atoms with E-state index < -0.39 is 0 Å². The topological polar surface area (TPSA) is 41.6 Å². The number of rotatable bonds is 2. The number of hydrogen-bond donors (Lipinski definition) is 0. The molecular formula is C15H10BrN3. The Balaban J connectivity index is 1.97. The fourth-order valence-corrected chi connectivity index (χ4v) is 2.32. The quantitative estimate of drug-likeness (QED) is 0.724. The number of pyridine rings is 1. The number of aromatic nitrogens is 2. The molecule has 0 aliphatic rings. The molecule has 0 aliphatic heterocycles. The van der Waals surface area contributed by atoms with Crippen molar-refractivity contribution in [2.45, 2.75) is 6.54 Å². The highest BCUT2D eigenvalue weighted by atomic mass is 79.9. The van der Waals surface area contributed by atoms with Crippen LogP contribution in [0, 0.1) is 11.3 Å². The van der Waals surface area contributed by atoms with Gasteiger partial charge < -0.3 is 4.57 Å². The Bertz CT molecular complexity index is 766. The van der Waals surface area contributed by atoms with Crippen LogP contribution in [0.5, 0.6) is 0 Å². The van der Waals surface area contributed by atoms with E-state index in [9.17, 15) is 0 Å². The number of nitrogens with zero attached hydrogens (tertiary/aromatic N) is 3. The van der Waals surface area contributed by atoms with Crippen LogP contribution in [0.3, 0.4) is 0 Å². The van der Waals surface area contributed by atoms with Gasteiger partial charge in [0.2, 0.25) is 0 Å². The smallest absolute Gasteiger partial charge is 0.0991 e. The zero-order valence-electron chi connectivity index (χ0n) is 10.0. The van der Waals surface area contributed by atoms with Crippen molar-refractivity contribution in [1.82, 2.24) is 9.55 Å². The van der Waals surface area contributed by atoms with Crippen LogP contribution in [-0.4, -0.2) is 9.55 Å². The van der Waals surface area contributed by atoms with Crippen LogP contribution in [0.4, 0.5) is 0 Å². The molecule has 0 atom stereocenters. The molecule has 0 N–H and O–H groups in total. The normalized spacial score (nSPS) is 10.5. The Labute approximate surface area is 119 Å². The van der Waals surface area contributed by atoms with Crippen LogP contribution in [0.1, 0.15) is 11.3 Å². The second-order valence-electron chi connectivity index (χ2n) is 4.30. The Hall–Kier alpha value is -2.12. The summed E-state index contributed by atoms with van der Waals surface area (Å²) >= 11 is 3.38. The molecule has 92 valence electrons. The molecule has 2 heterocycles. The van der Waals surface area contributed by atoms with Crippen molar-refractivity contribution >= 4 is 26.8 Å². The predicted octanol–water partition coefficient (Wildman–Crippen LogP) is 3.72. The lowest BCUT2D eigenvalue weighted by Crippen LogP contribution is -1.99. The van der Waals surface area contributed by atoms with Crippen LogP contribution in [-0.2, 0) is 6.54 Å². The maximum absolute atomic E-state index is 8.89. The standard InChI is InChI=1S/C15H10BrN3/c16-13-2-3-14(18-9-13)10-19-6-5-12-7-11(8-17)1-4-15(12)19/h1-7,9H,10H2. The summed E-state index contributed by atoms with van der Waals surface area (Å²) in [5.41, 5.74) is 2.81. The molecule has 3 aromatic rings. The summed E-state index contributed by atoms with van der Waals surface area (Å²) in [5, 5.41) is 9.97. The first-order chi connectivity index (χ1) is 9.26. The van der Waals surface area contributed by atoms with Gasteiger partial charge in [0.25, 0.3) is 0 Å². The fourth-order valence-electron chi connectivity index (χ4n) is 2.08. The molecular weight excluding hydrogens is 302 g/mol. The molecule has 0 aliphatic carbocycles. The first-order valence-corrected chi connectivity index (χ1v) is 6.65. The maximum atomic E-state index is 8.89. The maximum Gasteiger partial charge on any atom is 0.0991 e. The minimum atomic E-state index is 0.687. The van der Waals surface area contributed by atoms with Gasteiger partial charge in [-0.15, -0.1) is 0 Å². The highest BCUT2D eigenvalue weighted by molar-refractivity contribution is 9.10.